The summed E-state index contributed by atoms with van der Waals surface area (Å²) >= 11 is 0. The van der Waals surface area contributed by atoms with E-state index in [0.717, 1.165) is 31.2 Å². The molecule has 0 bridgehead atoms. The summed E-state index contributed by atoms with van der Waals surface area (Å²) in [6, 6.07) is 8.64. The van der Waals surface area contributed by atoms with Gasteiger partial charge in [-0.3, -0.25) is 4.98 Å². The molecule has 0 spiro atoms. The quantitative estimate of drug-likeness (QED) is 0.711. The van der Waals surface area contributed by atoms with Gasteiger partial charge in [0, 0.05) is 25.0 Å². The molecule has 3 rings (SSSR count). The molecule has 0 radical (unpaired) electrons. The van der Waals surface area contributed by atoms with Gasteiger partial charge < -0.3 is 0 Å². The van der Waals surface area contributed by atoms with Crippen molar-refractivity contribution in [3.63, 3.8) is 0 Å². The first-order valence-corrected chi connectivity index (χ1v) is 12.3. The van der Waals surface area contributed by atoms with Crippen LogP contribution in [0.5, 0.6) is 0 Å². The molecule has 1 heterocycles. The van der Waals surface area contributed by atoms with Crippen molar-refractivity contribution >= 4 is 20.0 Å². The van der Waals surface area contributed by atoms with E-state index in [0.29, 0.717) is 5.92 Å². The molecule has 152 valence electrons. The van der Waals surface area contributed by atoms with Gasteiger partial charge in [0.25, 0.3) is 0 Å². The van der Waals surface area contributed by atoms with E-state index in [1.54, 1.807) is 24.5 Å². The fraction of sp³-hybridized carbons (Fsp3) is 0.421. The van der Waals surface area contributed by atoms with Crippen molar-refractivity contribution in [2.75, 3.05) is 0 Å². The average molecular weight is 424 g/mol. The van der Waals surface area contributed by atoms with Gasteiger partial charge in [0.05, 0.1) is 9.79 Å². The summed E-state index contributed by atoms with van der Waals surface area (Å²) in [6.07, 6.45) is 7.14. The van der Waals surface area contributed by atoms with Gasteiger partial charge in [-0.25, -0.2) is 26.3 Å². The standard InChI is InChI=1S/C19H25N3O4S2/c1-15-4-2-3-5-19(15)22-28(25,26)18-8-6-17(7-9-18)27(23,24)21-14-16-10-12-20-13-11-16/h6-13,15,19,21-22H,2-5,14H2,1H3/t15-,19+/m1/s1. The van der Waals surface area contributed by atoms with Crippen molar-refractivity contribution in [2.24, 2.45) is 5.92 Å². The van der Waals surface area contributed by atoms with Crippen LogP contribution in [-0.4, -0.2) is 27.9 Å². The first-order chi connectivity index (χ1) is 13.3. The number of aromatic nitrogens is 1. The number of nitrogens with zero attached hydrogens (tertiary/aromatic N) is 1. The number of sulfonamides is 2. The highest BCUT2D eigenvalue weighted by atomic mass is 32.2. The van der Waals surface area contributed by atoms with Crippen molar-refractivity contribution in [3.05, 3.63) is 54.4 Å². The largest absolute Gasteiger partial charge is 0.265 e. The Morgan fingerprint density at radius 1 is 0.893 bits per heavy atom. The van der Waals surface area contributed by atoms with Gasteiger partial charge in [-0.15, -0.1) is 0 Å². The van der Waals surface area contributed by atoms with E-state index in [4.69, 9.17) is 0 Å². The zero-order valence-electron chi connectivity index (χ0n) is 15.7. The van der Waals surface area contributed by atoms with Gasteiger partial charge in [-0.1, -0.05) is 19.8 Å². The topological polar surface area (TPSA) is 105 Å². The molecule has 2 aromatic rings. The van der Waals surface area contributed by atoms with Crippen LogP contribution >= 0.6 is 0 Å². The predicted molar refractivity (Wildman–Crippen MR) is 106 cm³/mol. The second kappa shape index (κ2) is 8.69. The lowest BCUT2D eigenvalue weighted by atomic mass is 9.87. The van der Waals surface area contributed by atoms with E-state index >= 15 is 0 Å². The van der Waals surface area contributed by atoms with Gasteiger partial charge in [-0.05, 0) is 60.7 Å². The number of benzene rings is 1. The summed E-state index contributed by atoms with van der Waals surface area (Å²) in [5.74, 6) is 0.292. The van der Waals surface area contributed by atoms with E-state index in [9.17, 15) is 16.8 Å². The second-order valence-electron chi connectivity index (χ2n) is 7.14. The third-order valence-electron chi connectivity index (χ3n) is 5.08. The monoisotopic (exact) mass is 423 g/mol. The molecule has 9 heteroatoms. The molecule has 1 saturated carbocycles. The Bertz CT molecular complexity index is 991. The van der Waals surface area contributed by atoms with Crippen molar-refractivity contribution in [3.8, 4) is 0 Å². The lowest BCUT2D eigenvalue weighted by Gasteiger charge is -2.29. The highest BCUT2D eigenvalue weighted by molar-refractivity contribution is 7.90. The summed E-state index contributed by atoms with van der Waals surface area (Å²) in [5.41, 5.74) is 0.781. The summed E-state index contributed by atoms with van der Waals surface area (Å²) in [4.78, 5) is 3.97. The molecule has 28 heavy (non-hydrogen) atoms. The van der Waals surface area contributed by atoms with Gasteiger partial charge in [0.2, 0.25) is 20.0 Å². The maximum Gasteiger partial charge on any atom is 0.240 e. The predicted octanol–water partition coefficient (Wildman–Crippen LogP) is 2.42. The zero-order chi connectivity index (χ0) is 20.2. The number of hydrogen-bond acceptors (Lipinski definition) is 5. The molecule has 0 saturated heterocycles. The molecular weight excluding hydrogens is 398 g/mol. The molecule has 1 aromatic heterocycles. The van der Waals surface area contributed by atoms with Crippen LogP contribution in [0.3, 0.4) is 0 Å². The van der Waals surface area contributed by atoms with E-state index in [2.05, 4.69) is 21.4 Å². The van der Waals surface area contributed by atoms with E-state index in [-0.39, 0.29) is 22.4 Å². The van der Waals surface area contributed by atoms with Crippen LogP contribution in [0.15, 0.2) is 58.6 Å². The molecule has 0 unspecified atom stereocenters. The van der Waals surface area contributed by atoms with Gasteiger partial charge >= 0.3 is 0 Å². The van der Waals surface area contributed by atoms with Crippen LogP contribution < -0.4 is 9.44 Å². The molecule has 0 aliphatic heterocycles. The molecule has 2 N–H and O–H groups in total. The maximum absolute atomic E-state index is 12.6. The summed E-state index contributed by atoms with van der Waals surface area (Å²) < 4.78 is 55.4. The number of rotatable bonds is 7. The highest BCUT2D eigenvalue weighted by Gasteiger charge is 2.27. The summed E-state index contributed by atoms with van der Waals surface area (Å²) in [7, 11) is -7.42. The van der Waals surface area contributed by atoms with Crippen LogP contribution in [-0.2, 0) is 26.6 Å². The Kier molecular flexibility index (Phi) is 6.49. The Hall–Kier alpha value is -1.81. The van der Waals surface area contributed by atoms with Crippen molar-refractivity contribution in [1.82, 2.24) is 14.4 Å². The summed E-state index contributed by atoms with van der Waals surface area (Å²) in [6.45, 7) is 2.18. The minimum atomic E-state index is -3.74. The SMILES string of the molecule is C[C@@H]1CCCC[C@@H]1NS(=O)(=O)c1ccc(S(=O)(=O)NCc2ccncc2)cc1. The third kappa shape index (κ3) is 5.16. The van der Waals surface area contributed by atoms with E-state index in [1.165, 1.54) is 24.3 Å². The minimum Gasteiger partial charge on any atom is -0.265 e. The van der Waals surface area contributed by atoms with Crippen molar-refractivity contribution in [1.29, 1.82) is 0 Å². The van der Waals surface area contributed by atoms with Crippen molar-refractivity contribution in [2.45, 2.75) is 55.0 Å². The number of hydrogen-bond donors (Lipinski definition) is 2. The fourth-order valence-electron chi connectivity index (χ4n) is 3.32. The molecule has 1 aromatic carbocycles. The van der Waals surface area contributed by atoms with Crippen LogP contribution in [0.1, 0.15) is 38.2 Å². The molecule has 1 aliphatic carbocycles. The molecule has 7 nitrogen and oxygen atoms in total. The minimum absolute atomic E-state index is 0.0199. The lowest BCUT2D eigenvalue weighted by Crippen LogP contribution is -2.40. The second-order valence-corrected chi connectivity index (χ2v) is 10.6. The summed E-state index contributed by atoms with van der Waals surface area (Å²) in [5, 5.41) is 0. The van der Waals surface area contributed by atoms with Crippen LogP contribution in [0, 0.1) is 5.92 Å². The average Bonchev–Trinajstić information content (AvgIpc) is 2.69. The molecule has 1 fully saturated rings. The third-order valence-corrected chi connectivity index (χ3v) is 8.00. The van der Waals surface area contributed by atoms with E-state index in [1.807, 2.05) is 0 Å². The fourth-order valence-corrected chi connectivity index (χ4v) is 5.72. The Morgan fingerprint density at radius 2 is 1.46 bits per heavy atom. The number of nitrogens with one attached hydrogen (secondary N) is 2. The van der Waals surface area contributed by atoms with E-state index < -0.39 is 20.0 Å². The molecular formula is C19H25N3O4S2. The lowest BCUT2D eigenvalue weighted by molar-refractivity contribution is 0.310. The first kappa shape index (κ1) is 20.9. The van der Waals surface area contributed by atoms with Gasteiger partial charge in [0.15, 0.2) is 0 Å². The van der Waals surface area contributed by atoms with Crippen LogP contribution in [0.25, 0.3) is 0 Å². The Balaban J connectivity index is 1.69. The molecule has 2 atom stereocenters. The van der Waals surface area contributed by atoms with Gasteiger partial charge in [-0.2, -0.15) is 0 Å². The van der Waals surface area contributed by atoms with Crippen LogP contribution in [0.2, 0.25) is 0 Å². The first-order valence-electron chi connectivity index (χ1n) is 9.29. The van der Waals surface area contributed by atoms with Crippen LogP contribution in [0.4, 0.5) is 0 Å². The smallest absolute Gasteiger partial charge is 0.240 e. The number of pyridine rings is 1. The molecule has 1 aliphatic rings. The highest BCUT2D eigenvalue weighted by Crippen LogP contribution is 2.25. The van der Waals surface area contributed by atoms with Gasteiger partial charge in [0.1, 0.15) is 0 Å². The normalized spacial score (nSPS) is 20.8. The Labute approximate surface area is 166 Å². The molecule has 0 amide bonds. The van der Waals surface area contributed by atoms with Crippen molar-refractivity contribution < 1.29 is 16.8 Å². The maximum atomic E-state index is 12.6. The zero-order valence-corrected chi connectivity index (χ0v) is 17.3. The Morgan fingerprint density at radius 3 is 2.07 bits per heavy atom.